The molecule has 31 heavy (non-hydrogen) atoms. The third-order valence-corrected chi connectivity index (χ3v) is 7.52. The van der Waals surface area contributed by atoms with Crippen molar-refractivity contribution in [3.05, 3.63) is 84.2 Å². The van der Waals surface area contributed by atoms with Crippen molar-refractivity contribution in [3.63, 3.8) is 0 Å². The van der Waals surface area contributed by atoms with Crippen molar-refractivity contribution in [3.8, 4) is 0 Å². The molecule has 0 aliphatic carbocycles. The van der Waals surface area contributed by atoms with Crippen LogP contribution in [0.4, 0.5) is 0 Å². The van der Waals surface area contributed by atoms with Crippen LogP contribution >= 0.6 is 11.8 Å². The molecule has 3 atom stereocenters. The summed E-state index contributed by atoms with van der Waals surface area (Å²) in [6.45, 7) is 1.93. The van der Waals surface area contributed by atoms with Crippen molar-refractivity contribution < 1.29 is 14.3 Å². The van der Waals surface area contributed by atoms with E-state index >= 15 is 0 Å². The first-order valence-electron chi connectivity index (χ1n) is 10.2. The Morgan fingerprint density at radius 1 is 1.13 bits per heavy atom. The molecule has 7 nitrogen and oxygen atoms in total. The maximum absolute atomic E-state index is 13.7. The van der Waals surface area contributed by atoms with Crippen LogP contribution in [-0.4, -0.2) is 48.9 Å². The number of β-lactam (4-membered cyclic amide) rings is 1. The number of hydrogen-bond donors (Lipinski definition) is 0. The molecule has 158 valence electrons. The van der Waals surface area contributed by atoms with E-state index in [1.807, 2.05) is 67.6 Å². The minimum absolute atomic E-state index is 0.00598. The maximum Gasteiger partial charge on any atom is 0.332 e. The van der Waals surface area contributed by atoms with Crippen LogP contribution in [-0.2, 0) is 19.9 Å². The fourth-order valence-electron chi connectivity index (χ4n) is 4.30. The highest BCUT2D eigenvalue weighted by Crippen LogP contribution is 2.45. The quantitative estimate of drug-likeness (QED) is 0.454. The van der Waals surface area contributed by atoms with Crippen molar-refractivity contribution >= 4 is 23.6 Å². The molecule has 0 saturated carbocycles. The monoisotopic (exact) mass is 434 g/mol. The van der Waals surface area contributed by atoms with E-state index in [9.17, 15) is 9.59 Å². The van der Waals surface area contributed by atoms with Crippen LogP contribution in [0, 0.1) is 0 Å². The molecule has 5 rings (SSSR count). The zero-order valence-corrected chi connectivity index (χ0v) is 17.8. The van der Waals surface area contributed by atoms with E-state index in [1.165, 1.54) is 0 Å². The molecular formula is C23H22N4O3S. The van der Waals surface area contributed by atoms with E-state index < -0.39 is 23.7 Å². The second-order valence-corrected chi connectivity index (χ2v) is 9.18. The average molecular weight is 435 g/mol. The Balaban J connectivity index is 1.52. The minimum atomic E-state index is -0.781. The topological polar surface area (TPSA) is 77.3 Å². The van der Waals surface area contributed by atoms with Gasteiger partial charge in [-0.1, -0.05) is 65.9 Å². The average Bonchev–Trinajstić information content (AvgIpc) is 3.35. The summed E-state index contributed by atoms with van der Waals surface area (Å²) in [6, 6.07) is 18.5. The Bertz CT molecular complexity index is 1040. The number of esters is 1. The number of ether oxygens (including phenoxy) is 1. The summed E-state index contributed by atoms with van der Waals surface area (Å²) in [5.74, 6) is 0.154. The van der Waals surface area contributed by atoms with Crippen LogP contribution in [0.25, 0.3) is 0 Å². The Hall–Kier alpha value is -3.13. The zero-order valence-electron chi connectivity index (χ0n) is 17.0. The summed E-state index contributed by atoms with van der Waals surface area (Å²) in [6.07, 6.45) is 3.19. The van der Waals surface area contributed by atoms with Gasteiger partial charge in [-0.25, -0.2) is 9.48 Å². The summed E-state index contributed by atoms with van der Waals surface area (Å²) < 4.78 is 7.83. The van der Waals surface area contributed by atoms with Gasteiger partial charge in [0.05, 0.1) is 18.0 Å². The molecule has 8 heteroatoms. The predicted molar refractivity (Wildman–Crippen MR) is 116 cm³/mol. The number of amides is 1. The van der Waals surface area contributed by atoms with Crippen LogP contribution in [0.3, 0.4) is 0 Å². The highest BCUT2D eigenvalue weighted by Gasteiger charge is 2.58. The Kier molecular flexibility index (Phi) is 5.02. The lowest BCUT2D eigenvalue weighted by Crippen LogP contribution is -2.70. The SMILES string of the molecule is CC1(n2ccnn2)CS[C@@H]2CC(=O)N2C1C(=O)OC(c1ccccc1)c1ccccc1. The summed E-state index contributed by atoms with van der Waals surface area (Å²) in [7, 11) is 0. The highest BCUT2D eigenvalue weighted by atomic mass is 32.2. The molecule has 3 heterocycles. The lowest BCUT2D eigenvalue weighted by atomic mass is 9.89. The van der Waals surface area contributed by atoms with Gasteiger partial charge in [0.1, 0.15) is 5.54 Å². The van der Waals surface area contributed by atoms with Gasteiger partial charge in [-0.3, -0.25) is 4.79 Å². The van der Waals surface area contributed by atoms with E-state index in [-0.39, 0.29) is 11.3 Å². The molecule has 0 radical (unpaired) electrons. The van der Waals surface area contributed by atoms with E-state index in [2.05, 4.69) is 10.3 Å². The van der Waals surface area contributed by atoms with Crippen LogP contribution in [0.5, 0.6) is 0 Å². The second-order valence-electron chi connectivity index (χ2n) is 8.02. The number of aromatic nitrogens is 3. The van der Waals surface area contributed by atoms with Crippen LogP contribution in [0.1, 0.15) is 30.6 Å². The molecular weight excluding hydrogens is 412 g/mol. The van der Waals surface area contributed by atoms with Crippen LogP contribution in [0.15, 0.2) is 73.1 Å². The van der Waals surface area contributed by atoms with Gasteiger partial charge in [0, 0.05) is 11.9 Å². The largest absolute Gasteiger partial charge is 0.451 e. The number of rotatable bonds is 5. The van der Waals surface area contributed by atoms with E-state index in [0.29, 0.717) is 12.2 Å². The molecule has 1 amide bonds. The smallest absolute Gasteiger partial charge is 0.332 e. The molecule has 3 aromatic rings. The summed E-state index contributed by atoms with van der Waals surface area (Å²) >= 11 is 1.66. The molecule has 1 aromatic heterocycles. The number of fused-ring (bicyclic) bond motifs is 1. The molecule has 2 aliphatic heterocycles. The number of carbonyl (C=O) groups excluding carboxylic acids is 2. The second kappa shape index (κ2) is 7.85. The zero-order chi connectivity index (χ0) is 21.4. The molecule has 2 aliphatic rings. The Morgan fingerprint density at radius 2 is 1.77 bits per heavy atom. The van der Waals surface area contributed by atoms with Crippen molar-refractivity contribution in [1.82, 2.24) is 19.9 Å². The number of thioether (sulfide) groups is 1. The van der Waals surface area contributed by atoms with E-state index in [1.54, 1.807) is 33.7 Å². The number of carbonyl (C=O) groups is 2. The number of nitrogens with zero attached hydrogens (tertiary/aromatic N) is 4. The molecule has 2 saturated heterocycles. The summed E-state index contributed by atoms with van der Waals surface area (Å²) in [5, 5.41) is 8.07. The highest BCUT2D eigenvalue weighted by molar-refractivity contribution is 8.00. The van der Waals surface area contributed by atoms with Crippen molar-refractivity contribution in [2.24, 2.45) is 0 Å². The molecule has 2 fully saturated rings. The first kappa shape index (κ1) is 19.8. The summed E-state index contributed by atoms with van der Waals surface area (Å²) in [5.41, 5.74) is 0.991. The molecule has 0 spiro atoms. The normalized spacial score (nSPS) is 25.1. The van der Waals surface area contributed by atoms with Gasteiger partial charge in [0.15, 0.2) is 12.1 Å². The van der Waals surface area contributed by atoms with Gasteiger partial charge < -0.3 is 9.64 Å². The fraction of sp³-hybridized carbons (Fsp3) is 0.304. The molecule has 0 N–H and O–H groups in total. The molecule has 0 bridgehead atoms. The van der Waals surface area contributed by atoms with Gasteiger partial charge in [-0.05, 0) is 18.1 Å². The molecule has 2 aromatic carbocycles. The summed E-state index contributed by atoms with van der Waals surface area (Å²) in [4.78, 5) is 27.9. The van der Waals surface area contributed by atoms with Gasteiger partial charge in [-0.2, -0.15) is 0 Å². The predicted octanol–water partition coefficient (Wildman–Crippen LogP) is 3.00. The first-order chi connectivity index (χ1) is 15.1. The van der Waals surface area contributed by atoms with Crippen LogP contribution < -0.4 is 0 Å². The standard InChI is InChI=1S/C23H22N4O3S/c1-23(26-13-12-24-25-26)15-31-19-14-18(28)27(19)21(23)22(29)30-20(16-8-4-2-5-9-16)17-10-6-3-7-11-17/h2-13,19-21H,14-15H2,1H3/t19-,21?,23?/m1/s1. The third-order valence-electron chi connectivity index (χ3n) is 5.99. The number of hydrogen-bond acceptors (Lipinski definition) is 6. The van der Waals surface area contributed by atoms with E-state index in [4.69, 9.17) is 4.74 Å². The molecule has 2 unspecified atom stereocenters. The van der Waals surface area contributed by atoms with Crippen molar-refractivity contribution in [1.29, 1.82) is 0 Å². The van der Waals surface area contributed by atoms with Gasteiger partial charge in [0.25, 0.3) is 0 Å². The van der Waals surface area contributed by atoms with Gasteiger partial charge >= 0.3 is 5.97 Å². The van der Waals surface area contributed by atoms with Crippen LogP contribution in [0.2, 0.25) is 0 Å². The maximum atomic E-state index is 13.7. The van der Waals surface area contributed by atoms with Crippen molar-refractivity contribution in [2.45, 2.75) is 36.4 Å². The van der Waals surface area contributed by atoms with E-state index in [0.717, 1.165) is 11.1 Å². The first-order valence-corrected chi connectivity index (χ1v) is 11.2. The fourth-order valence-corrected chi connectivity index (χ4v) is 5.78. The number of benzene rings is 2. The Labute approximate surface area is 184 Å². The Morgan fingerprint density at radius 3 is 2.32 bits per heavy atom. The van der Waals surface area contributed by atoms with Gasteiger partial charge in [-0.15, -0.1) is 16.9 Å². The minimum Gasteiger partial charge on any atom is -0.451 e. The van der Waals surface area contributed by atoms with Gasteiger partial charge in [0.2, 0.25) is 5.91 Å². The lowest BCUT2D eigenvalue weighted by Gasteiger charge is -2.54. The van der Waals surface area contributed by atoms with Crippen molar-refractivity contribution in [2.75, 3.05) is 5.75 Å². The third kappa shape index (κ3) is 3.40. The lowest BCUT2D eigenvalue weighted by molar-refractivity contribution is -0.171.